The lowest BCUT2D eigenvalue weighted by Crippen LogP contribution is -2.53. The third-order valence-electron chi connectivity index (χ3n) is 4.68. The Hall–Kier alpha value is -2.75. The van der Waals surface area contributed by atoms with Gasteiger partial charge < -0.3 is 10.1 Å². The molecule has 146 valence electrons. The summed E-state index contributed by atoms with van der Waals surface area (Å²) >= 11 is 0. The summed E-state index contributed by atoms with van der Waals surface area (Å²) in [4.78, 5) is 11.3. The average Bonchev–Trinajstić information content (AvgIpc) is 2.64. The fourth-order valence-corrected chi connectivity index (χ4v) is 3.59. The fourth-order valence-electron chi connectivity index (χ4n) is 3.08. The molecule has 1 aliphatic rings. The number of primary sulfonamides is 1. The molecule has 0 amide bonds. The number of hydrogen-bond acceptors (Lipinski definition) is 7. The van der Waals surface area contributed by atoms with Crippen LogP contribution in [0.15, 0.2) is 53.6 Å². The number of likely N-dealkylation sites (N-methyl/N-ethyl adjacent to an activating group) is 1. The zero-order chi connectivity index (χ0) is 19.7. The van der Waals surface area contributed by atoms with E-state index in [9.17, 15) is 8.42 Å². The third kappa shape index (κ3) is 3.91. The molecule has 28 heavy (non-hydrogen) atoms. The highest BCUT2D eigenvalue weighted by atomic mass is 32.2. The van der Waals surface area contributed by atoms with E-state index < -0.39 is 10.0 Å². The minimum absolute atomic E-state index is 0.0507. The van der Waals surface area contributed by atoms with Crippen LogP contribution in [0.4, 0.5) is 11.6 Å². The van der Waals surface area contributed by atoms with E-state index >= 15 is 0 Å². The largest absolute Gasteiger partial charge is 0.485 e. The van der Waals surface area contributed by atoms with Gasteiger partial charge in [0.25, 0.3) is 0 Å². The number of nitrogens with two attached hydrogens (primary N) is 1. The van der Waals surface area contributed by atoms with Crippen molar-refractivity contribution in [3.8, 4) is 5.75 Å². The van der Waals surface area contributed by atoms with E-state index in [0.29, 0.717) is 11.6 Å². The Morgan fingerprint density at radius 3 is 2.64 bits per heavy atom. The number of para-hydroxylation sites is 1. The molecule has 9 heteroatoms. The number of hydrogen-bond donors (Lipinski definition) is 2. The van der Waals surface area contributed by atoms with E-state index in [1.807, 2.05) is 18.2 Å². The van der Waals surface area contributed by atoms with Gasteiger partial charge >= 0.3 is 0 Å². The number of nitrogens with zero attached hydrogens (tertiary/aromatic N) is 3. The molecule has 3 aromatic rings. The second kappa shape index (κ2) is 7.34. The number of ether oxygens (including phenoxy) is 1. The first kappa shape index (κ1) is 18.6. The Kier molecular flexibility index (Phi) is 4.88. The second-order valence-corrected chi connectivity index (χ2v) is 8.24. The van der Waals surface area contributed by atoms with Gasteiger partial charge in [-0.3, -0.25) is 4.90 Å². The van der Waals surface area contributed by atoms with Crippen LogP contribution in [0.3, 0.4) is 0 Å². The Bertz CT molecular complexity index is 1100. The van der Waals surface area contributed by atoms with E-state index in [4.69, 9.17) is 9.88 Å². The van der Waals surface area contributed by atoms with Crippen LogP contribution in [0.25, 0.3) is 10.9 Å². The first-order chi connectivity index (χ1) is 13.4. The van der Waals surface area contributed by atoms with Crippen LogP contribution in [0.5, 0.6) is 5.75 Å². The molecule has 0 unspecified atom stereocenters. The molecule has 0 spiro atoms. The molecule has 0 radical (unpaired) electrons. The number of likely N-dealkylation sites (tertiary alicyclic amines) is 1. The monoisotopic (exact) mass is 399 g/mol. The van der Waals surface area contributed by atoms with E-state index in [-0.39, 0.29) is 11.0 Å². The van der Waals surface area contributed by atoms with E-state index in [0.717, 1.165) is 36.3 Å². The summed E-state index contributed by atoms with van der Waals surface area (Å²) in [7, 11) is -3.72. The maximum Gasteiger partial charge on any atom is 0.238 e. The van der Waals surface area contributed by atoms with Crippen LogP contribution >= 0.6 is 0 Å². The molecule has 1 saturated heterocycles. The summed E-state index contributed by atoms with van der Waals surface area (Å²) < 4.78 is 28.8. The van der Waals surface area contributed by atoms with Gasteiger partial charge in [-0.1, -0.05) is 19.1 Å². The predicted octanol–water partition coefficient (Wildman–Crippen LogP) is 2.10. The van der Waals surface area contributed by atoms with Gasteiger partial charge in [-0.05, 0) is 36.9 Å². The standard InChI is InChI=1S/C19H21N5O3S/c1-2-24-11-15(12-24)27-17-5-3-4-13-10-21-19(23-18(13)17)22-14-6-8-16(9-7-14)28(20,25)26/h3-10,15H,2,11-12H2,1H3,(H2,20,25,26)(H,21,22,23). The number of anilines is 2. The van der Waals surface area contributed by atoms with Gasteiger partial charge in [-0.15, -0.1) is 0 Å². The van der Waals surface area contributed by atoms with Crippen LogP contribution in [-0.2, 0) is 10.0 Å². The Morgan fingerprint density at radius 2 is 1.96 bits per heavy atom. The lowest BCUT2D eigenvalue weighted by atomic mass is 10.1. The van der Waals surface area contributed by atoms with Crippen LogP contribution in [0.2, 0.25) is 0 Å². The molecular weight excluding hydrogens is 378 g/mol. The van der Waals surface area contributed by atoms with Crippen molar-refractivity contribution in [2.45, 2.75) is 17.9 Å². The van der Waals surface area contributed by atoms with Crippen LogP contribution < -0.4 is 15.2 Å². The zero-order valence-corrected chi connectivity index (χ0v) is 16.2. The molecule has 2 aromatic carbocycles. The van der Waals surface area contributed by atoms with Crippen LogP contribution in [0.1, 0.15) is 6.92 Å². The summed E-state index contributed by atoms with van der Waals surface area (Å²) in [5.74, 6) is 1.13. The Morgan fingerprint density at radius 1 is 1.21 bits per heavy atom. The fraction of sp³-hybridized carbons (Fsp3) is 0.263. The van der Waals surface area contributed by atoms with Gasteiger partial charge in [-0.25, -0.2) is 23.5 Å². The summed E-state index contributed by atoms with van der Waals surface area (Å²) in [5.41, 5.74) is 1.39. The maximum atomic E-state index is 11.4. The zero-order valence-electron chi connectivity index (χ0n) is 15.4. The van der Waals surface area contributed by atoms with Crippen molar-refractivity contribution in [3.05, 3.63) is 48.7 Å². The average molecular weight is 399 g/mol. The van der Waals surface area contributed by atoms with E-state index in [1.165, 1.54) is 12.1 Å². The third-order valence-corrected chi connectivity index (χ3v) is 5.61. The molecule has 4 rings (SSSR count). The summed E-state index contributed by atoms with van der Waals surface area (Å²) in [6, 6.07) is 11.9. The number of sulfonamides is 1. The van der Waals surface area contributed by atoms with Crippen LogP contribution in [-0.4, -0.2) is 49.0 Å². The second-order valence-electron chi connectivity index (χ2n) is 6.67. The van der Waals surface area contributed by atoms with Gasteiger partial charge in [-0.2, -0.15) is 0 Å². The summed E-state index contributed by atoms with van der Waals surface area (Å²) in [6.07, 6.45) is 1.90. The minimum Gasteiger partial charge on any atom is -0.485 e. The number of nitrogens with one attached hydrogen (secondary N) is 1. The van der Waals surface area contributed by atoms with Crippen molar-refractivity contribution >= 4 is 32.6 Å². The van der Waals surface area contributed by atoms with Gasteiger partial charge in [0.05, 0.1) is 4.90 Å². The molecule has 2 heterocycles. The minimum atomic E-state index is -3.72. The SMILES string of the molecule is CCN1CC(Oc2cccc3cnc(Nc4ccc(S(N)(=O)=O)cc4)nc23)C1. The maximum absolute atomic E-state index is 11.4. The molecular formula is C19H21N5O3S. The van der Waals surface area contributed by atoms with E-state index in [1.54, 1.807) is 18.3 Å². The molecule has 0 saturated carbocycles. The first-order valence-corrected chi connectivity index (χ1v) is 10.5. The van der Waals surface area contributed by atoms with Crippen molar-refractivity contribution in [1.82, 2.24) is 14.9 Å². The van der Waals surface area contributed by atoms with Gasteiger partial charge in [0.1, 0.15) is 17.4 Å². The normalized spacial score (nSPS) is 15.4. The van der Waals surface area contributed by atoms with Crippen molar-refractivity contribution < 1.29 is 13.2 Å². The van der Waals surface area contributed by atoms with E-state index in [2.05, 4.69) is 27.1 Å². The highest BCUT2D eigenvalue weighted by Gasteiger charge is 2.27. The quantitative estimate of drug-likeness (QED) is 0.653. The van der Waals surface area contributed by atoms with Crippen molar-refractivity contribution in [2.24, 2.45) is 5.14 Å². The number of aromatic nitrogens is 2. The summed E-state index contributed by atoms with van der Waals surface area (Å²) in [5, 5.41) is 9.09. The first-order valence-electron chi connectivity index (χ1n) is 8.97. The molecule has 0 atom stereocenters. The van der Waals surface area contributed by atoms with Crippen LogP contribution in [0, 0.1) is 0 Å². The smallest absolute Gasteiger partial charge is 0.238 e. The predicted molar refractivity (Wildman–Crippen MR) is 107 cm³/mol. The Balaban J connectivity index is 1.56. The molecule has 0 bridgehead atoms. The van der Waals surface area contributed by atoms with Gasteiger partial charge in [0.2, 0.25) is 16.0 Å². The van der Waals surface area contributed by atoms with Gasteiger partial charge in [0, 0.05) is 30.4 Å². The Labute approximate surface area is 163 Å². The molecule has 1 fully saturated rings. The molecule has 8 nitrogen and oxygen atoms in total. The molecule has 1 aliphatic heterocycles. The van der Waals surface area contributed by atoms with Crippen molar-refractivity contribution in [1.29, 1.82) is 0 Å². The molecule has 3 N–H and O–H groups in total. The summed E-state index contributed by atoms with van der Waals surface area (Å²) in [6.45, 7) is 4.99. The lowest BCUT2D eigenvalue weighted by Gasteiger charge is -2.38. The highest BCUT2D eigenvalue weighted by Crippen LogP contribution is 2.27. The highest BCUT2D eigenvalue weighted by molar-refractivity contribution is 7.89. The van der Waals surface area contributed by atoms with Crippen molar-refractivity contribution in [2.75, 3.05) is 25.0 Å². The number of benzene rings is 2. The molecule has 0 aliphatic carbocycles. The molecule has 1 aromatic heterocycles. The van der Waals surface area contributed by atoms with Crippen molar-refractivity contribution in [3.63, 3.8) is 0 Å². The topological polar surface area (TPSA) is 110 Å². The number of fused-ring (bicyclic) bond motifs is 1. The lowest BCUT2D eigenvalue weighted by molar-refractivity contribution is 0.0247. The number of rotatable bonds is 6. The van der Waals surface area contributed by atoms with Gasteiger partial charge in [0.15, 0.2) is 0 Å².